The van der Waals surface area contributed by atoms with E-state index in [4.69, 9.17) is 56.6 Å². The van der Waals surface area contributed by atoms with Gasteiger partial charge in [-0.3, -0.25) is 4.79 Å². The lowest BCUT2D eigenvalue weighted by Crippen LogP contribution is -2.71. The van der Waals surface area contributed by atoms with Crippen LogP contribution in [0.5, 0.6) is 0 Å². The predicted molar refractivity (Wildman–Crippen MR) is 86.0 cm³/mol. The van der Waals surface area contributed by atoms with Gasteiger partial charge in [0, 0.05) is 5.02 Å². The third kappa shape index (κ3) is 2.15. The Kier molecular flexibility index (Phi) is 3.76. The maximum atomic E-state index is 12.7. The number of hydrogen-bond donors (Lipinski definition) is 2. The molecule has 1 aliphatic carbocycles. The minimum absolute atomic E-state index is 0.140. The standard InChI is InChI=1S/C12H9B5ClNO2/c13-9(14)5-10(15,16)12(17,21)8(20)11(9,19)6-3-1-2-4-7(6)18/h1-4,21H,5,19H2. The Hall–Kier alpha value is -0.575. The summed E-state index contributed by atoms with van der Waals surface area (Å²) in [6.45, 7) is 0. The monoisotopic (exact) mass is 289 g/mol. The molecule has 2 unspecified atom stereocenters. The molecule has 0 bridgehead atoms. The Labute approximate surface area is 135 Å². The molecule has 0 amide bonds. The van der Waals surface area contributed by atoms with E-state index in [2.05, 4.69) is 0 Å². The molecule has 0 aromatic heterocycles. The molecule has 10 radical (unpaired) electrons. The third-order valence-corrected chi connectivity index (χ3v) is 4.36. The van der Waals surface area contributed by atoms with Gasteiger partial charge in [0.1, 0.15) is 7.85 Å². The number of ketones is 1. The topological polar surface area (TPSA) is 63.3 Å². The summed E-state index contributed by atoms with van der Waals surface area (Å²) in [5.74, 6) is -1.09. The second-order valence-electron chi connectivity index (χ2n) is 5.64. The molecule has 2 rings (SSSR count). The van der Waals surface area contributed by atoms with Crippen LogP contribution in [0.25, 0.3) is 0 Å². The van der Waals surface area contributed by atoms with Crippen LogP contribution < -0.4 is 5.73 Å². The summed E-state index contributed by atoms with van der Waals surface area (Å²) in [5, 5.41) is 6.51. The fourth-order valence-corrected chi connectivity index (χ4v) is 2.92. The molecule has 1 saturated carbocycles. The largest absolute Gasteiger partial charge is 0.393 e. The van der Waals surface area contributed by atoms with E-state index in [0.29, 0.717) is 0 Å². The zero-order valence-electron chi connectivity index (χ0n) is 11.2. The van der Waals surface area contributed by atoms with Gasteiger partial charge in [-0.1, -0.05) is 46.6 Å². The first-order chi connectivity index (χ1) is 9.38. The molecular weight excluding hydrogens is 280 g/mol. The molecule has 9 heteroatoms. The van der Waals surface area contributed by atoms with Crippen LogP contribution in [0.3, 0.4) is 0 Å². The van der Waals surface area contributed by atoms with Gasteiger partial charge < -0.3 is 10.8 Å². The van der Waals surface area contributed by atoms with Crippen molar-refractivity contribution in [2.45, 2.75) is 27.9 Å². The van der Waals surface area contributed by atoms with Crippen LogP contribution in [0.2, 0.25) is 15.5 Å². The molecular formula is C12H9B5ClNO2. The Bertz CT molecular complexity index is 607. The Morgan fingerprint density at radius 3 is 2.14 bits per heavy atom. The van der Waals surface area contributed by atoms with Crippen LogP contribution in [0.4, 0.5) is 0 Å². The average Bonchev–Trinajstić information content (AvgIpc) is 2.34. The van der Waals surface area contributed by atoms with Gasteiger partial charge >= 0.3 is 0 Å². The second kappa shape index (κ2) is 4.71. The van der Waals surface area contributed by atoms with Gasteiger partial charge in [-0.2, -0.15) is 0 Å². The average molecular weight is 289 g/mol. The van der Waals surface area contributed by atoms with E-state index in [-0.39, 0.29) is 10.6 Å². The maximum Gasteiger partial charge on any atom is 0.177 e. The van der Waals surface area contributed by atoms with Gasteiger partial charge in [-0.25, -0.2) is 0 Å². The van der Waals surface area contributed by atoms with Gasteiger partial charge in [0.05, 0.1) is 42.4 Å². The molecule has 1 aromatic rings. The van der Waals surface area contributed by atoms with Crippen LogP contribution in [-0.2, 0) is 10.3 Å². The first-order valence-corrected chi connectivity index (χ1v) is 6.51. The minimum Gasteiger partial charge on any atom is -0.393 e. The Balaban J connectivity index is 2.72. The zero-order valence-corrected chi connectivity index (χ0v) is 12.0. The molecule has 0 saturated heterocycles. The SMILES string of the molecule is [B]C1([B])CC([B])([B])C(N)(c2ccccc2Cl)C(=O)C1([B])O. The van der Waals surface area contributed by atoms with E-state index in [0.717, 1.165) is 0 Å². The molecule has 2 atom stereocenters. The van der Waals surface area contributed by atoms with E-state index in [1.54, 1.807) is 12.1 Å². The van der Waals surface area contributed by atoms with E-state index in [1.165, 1.54) is 12.1 Å². The number of carbonyl (C=O) groups is 1. The Morgan fingerprint density at radius 1 is 1.10 bits per heavy atom. The molecule has 0 heterocycles. The number of aliphatic hydroxyl groups is 1. The van der Waals surface area contributed by atoms with E-state index >= 15 is 0 Å². The normalized spacial score (nSPS) is 34.5. The molecule has 1 aliphatic rings. The number of rotatable bonds is 1. The number of halogens is 1. The summed E-state index contributed by atoms with van der Waals surface area (Å²) in [4.78, 5) is 12.7. The quantitative estimate of drug-likeness (QED) is 0.667. The summed E-state index contributed by atoms with van der Waals surface area (Å²) in [6, 6.07) is 6.23. The summed E-state index contributed by atoms with van der Waals surface area (Å²) in [5.41, 5.74) is 1.65. The summed E-state index contributed by atoms with van der Waals surface area (Å²) < 4.78 is 0. The van der Waals surface area contributed by atoms with Crippen molar-refractivity contribution in [2.24, 2.45) is 5.73 Å². The molecule has 21 heavy (non-hydrogen) atoms. The highest BCUT2D eigenvalue weighted by Gasteiger charge is 2.63. The predicted octanol–water partition coefficient (Wildman–Crippen LogP) is -0.770. The molecule has 1 aromatic carbocycles. The first-order valence-electron chi connectivity index (χ1n) is 6.13. The van der Waals surface area contributed by atoms with Crippen molar-refractivity contribution in [3.63, 3.8) is 0 Å². The summed E-state index contributed by atoms with van der Waals surface area (Å²) in [7, 11) is 29.0. The minimum atomic E-state index is -2.61. The van der Waals surface area contributed by atoms with Crippen molar-refractivity contribution in [1.29, 1.82) is 0 Å². The smallest absolute Gasteiger partial charge is 0.177 e. The van der Waals surface area contributed by atoms with E-state index < -0.39 is 33.7 Å². The number of benzene rings is 1. The fourth-order valence-electron chi connectivity index (χ4n) is 2.64. The van der Waals surface area contributed by atoms with Crippen LogP contribution in [0.15, 0.2) is 24.3 Å². The van der Waals surface area contributed by atoms with Crippen LogP contribution in [0, 0.1) is 0 Å². The zero-order chi connectivity index (χ0) is 16.3. The number of nitrogens with two attached hydrogens (primary N) is 1. The lowest BCUT2D eigenvalue weighted by atomic mass is 9.25. The lowest BCUT2D eigenvalue weighted by molar-refractivity contribution is -0.141. The third-order valence-electron chi connectivity index (χ3n) is 4.03. The van der Waals surface area contributed by atoms with Crippen LogP contribution >= 0.6 is 11.6 Å². The number of hydrogen-bond acceptors (Lipinski definition) is 3. The van der Waals surface area contributed by atoms with Crippen molar-refractivity contribution in [3.8, 4) is 0 Å². The maximum absolute atomic E-state index is 12.7. The molecule has 96 valence electrons. The van der Waals surface area contributed by atoms with Crippen molar-refractivity contribution in [3.05, 3.63) is 34.9 Å². The lowest BCUT2D eigenvalue weighted by Gasteiger charge is -2.60. The van der Waals surface area contributed by atoms with E-state index in [1.807, 2.05) is 0 Å². The van der Waals surface area contributed by atoms with E-state index in [9.17, 15) is 9.90 Å². The van der Waals surface area contributed by atoms with Gasteiger partial charge in [-0.15, -0.1) is 0 Å². The van der Waals surface area contributed by atoms with Crippen molar-refractivity contribution in [1.82, 2.24) is 0 Å². The summed E-state index contributed by atoms with van der Waals surface area (Å²) in [6.07, 6.45) is -0.402. The van der Waals surface area contributed by atoms with Gasteiger partial charge in [0.2, 0.25) is 0 Å². The first kappa shape index (κ1) is 16.8. The van der Waals surface area contributed by atoms with Crippen molar-refractivity contribution < 1.29 is 9.90 Å². The molecule has 1 fully saturated rings. The fraction of sp³-hybridized carbons (Fsp3) is 0.417. The number of Topliss-reactive ketones (excluding diaryl/α,β-unsaturated/α-hetero) is 1. The van der Waals surface area contributed by atoms with Crippen molar-refractivity contribution in [2.75, 3.05) is 0 Å². The van der Waals surface area contributed by atoms with Crippen LogP contribution in [0.1, 0.15) is 12.0 Å². The van der Waals surface area contributed by atoms with Crippen molar-refractivity contribution >= 4 is 56.6 Å². The molecule has 3 nitrogen and oxygen atoms in total. The highest BCUT2D eigenvalue weighted by atomic mass is 35.5. The summed E-state index contributed by atoms with van der Waals surface area (Å²) >= 11 is 6.08. The Morgan fingerprint density at radius 2 is 1.62 bits per heavy atom. The van der Waals surface area contributed by atoms with Gasteiger partial charge in [0.15, 0.2) is 5.78 Å². The second-order valence-corrected chi connectivity index (χ2v) is 6.05. The van der Waals surface area contributed by atoms with Crippen LogP contribution in [-0.4, -0.2) is 55.6 Å². The highest BCUT2D eigenvalue weighted by Crippen LogP contribution is 2.58. The number of carbonyl (C=O) groups excluding carboxylic acids is 1. The van der Waals surface area contributed by atoms with Gasteiger partial charge in [-0.05, 0) is 11.6 Å². The molecule has 3 N–H and O–H groups in total. The molecule has 0 spiro atoms. The molecule has 0 aliphatic heterocycles. The van der Waals surface area contributed by atoms with Gasteiger partial charge in [0.25, 0.3) is 0 Å². The highest BCUT2D eigenvalue weighted by molar-refractivity contribution is 6.54.